The molecule has 8 nitrogen and oxygen atoms in total. The van der Waals surface area contributed by atoms with Crippen molar-refractivity contribution in [2.45, 2.75) is 6.92 Å². The molecule has 2 heterocycles. The van der Waals surface area contributed by atoms with E-state index in [-0.39, 0.29) is 13.4 Å². The fraction of sp³-hybridized carbons (Fsp3) is 0.150. The molecule has 0 bridgehead atoms. The maximum Gasteiger partial charge on any atom is 0.336 e. The van der Waals surface area contributed by atoms with Gasteiger partial charge in [-0.05, 0) is 48.4 Å². The zero-order valence-corrected chi connectivity index (χ0v) is 14.9. The predicted molar refractivity (Wildman–Crippen MR) is 101 cm³/mol. The lowest BCUT2D eigenvalue weighted by Crippen LogP contribution is -2.24. The fourth-order valence-electron chi connectivity index (χ4n) is 2.75. The Morgan fingerprint density at radius 3 is 2.93 bits per heavy atom. The summed E-state index contributed by atoms with van der Waals surface area (Å²) in [4.78, 5) is 23.4. The number of amides is 1. The van der Waals surface area contributed by atoms with Crippen molar-refractivity contribution in [3.8, 4) is 17.2 Å². The Kier molecular flexibility index (Phi) is 4.67. The second-order valence-electron chi connectivity index (χ2n) is 6.10. The lowest BCUT2D eigenvalue weighted by atomic mass is 10.1. The van der Waals surface area contributed by atoms with Gasteiger partial charge in [-0.25, -0.2) is 10.2 Å². The van der Waals surface area contributed by atoms with E-state index in [1.165, 1.54) is 12.3 Å². The van der Waals surface area contributed by atoms with E-state index in [2.05, 4.69) is 10.5 Å². The fourth-order valence-corrected chi connectivity index (χ4v) is 2.75. The van der Waals surface area contributed by atoms with Crippen LogP contribution in [0.2, 0.25) is 0 Å². The summed E-state index contributed by atoms with van der Waals surface area (Å²) in [6.07, 6.45) is 1.49. The smallest absolute Gasteiger partial charge is 0.336 e. The van der Waals surface area contributed by atoms with Crippen molar-refractivity contribution in [2.75, 3.05) is 13.4 Å². The Labute approximate surface area is 159 Å². The molecule has 0 unspecified atom stereocenters. The minimum absolute atomic E-state index is 0.196. The van der Waals surface area contributed by atoms with Gasteiger partial charge in [0.25, 0.3) is 5.91 Å². The highest BCUT2D eigenvalue weighted by molar-refractivity contribution is 5.84. The molecule has 4 rings (SSSR count). The molecule has 0 saturated heterocycles. The minimum atomic E-state index is -0.433. The quantitative estimate of drug-likeness (QED) is 0.414. The summed E-state index contributed by atoms with van der Waals surface area (Å²) in [5.41, 5.74) is 3.93. The first-order valence-corrected chi connectivity index (χ1v) is 8.47. The number of nitrogens with one attached hydrogen (secondary N) is 1. The molecule has 1 aromatic heterocycles. The maximum absolute atomic E-state index is 11.9. The van der Waals surface area contributed by atoms with Crippen LogP contribution in [0.1, 0.15) is 11.1 Å². The number of benzene rings is 2. The molecule has 0 aliphatic carbocycles. The van der Waals surface area contributed by atoms with Crippen LogP contribution in [-0.2, 0) is 4.79 Å². The number of fused-ring (bicyclic) bond motifs is 2. The van der Waals surface area contributed by atoms with Gasteiger partial charge in [0.2, 0.25) is 6.79 Å². The number of nitrogens with zero attached hydrogens (tertiary/aromatic N) is 1. The molecule has 0 saturated carbocycles. The second-order valence-corrected chi connectivity index (χ2v) is 6.10. The molecule has 28 heavy (non-hydrogen) atoms. The average molecular weight is 380 g/mol. The van der Waals surface area contributed by atoms with Crippen molar-refractivity contribution in [1.29, 1.82) is 0 Å². The SMILES string of the molecule is Cc1cc(=O)oc2cc(OCC(=O)NN=Cc3ccc4c(c3)OCO4)ccc12. The van der Waals surface area contributed by atoms with E-state index >= 15 is 0 Å². The summed E-state index contributed by atoms with van der Waals surface area (Å²) in [6.45, 7) is 1.78. The van der Waals surface area contributed by atoms with E-state index in [1.807, 2.05) is 6.92 Å². The van der Waals surface area contributed by atoms with Crippen LogP contribution in [0.25, 0.3) is 11.0 Å². The molecule has 0 fully saturated rings. The third-order valence-electron chi connectivity index (χ3n) is 4.09. The number of aryl methyl sites for hydroxylation is 1. The molecule has 1 aliphatic heterocycles. The van der Waals surface area contributed by atoms with Crippen LogP contribution in [-0.4, -0.2) is 25.5 Å². The van der Waals surface area contributed by atoms with Gasteiger partial charge in [0.05, 0.1) is 6.21 Å². The number of hydrazone groups is 1. The van der Waals surface area contributed by atoms with E-state index in [1.54, 1.807) is 36.4 Å². The summed E-state index contributed by atoms with van der Waals surface area (Å²) < 4.78 is 21.1. The van der Waals surface area contributed by atoms with Gasteiger partial charge < -0.3 is 18.6 Å². The Morgan fingerprint density at radius 2 is 2.04 bits per heavy atom. The molecule has 8 heteroatoms. The number of rotatable bonds is 5. The van der Waals surface area contributed by atoms with Gasteiger partial charge >= 0.3 is 5.63 Å². The number of carbonyl (C=O) groups excluding carboxylic acids is 1. The molecule has 1 amide bonds. The van der Waals surface area contributed by atoms with Crippen molar-refractivity contribution in [2.24, 2.45) is 5.10 Å². The predicted octanol–water partition coefficient (Wildman–Crippen LogP) is 2.36. The van der Waals surface area contributed by atoms with Crippen LogP contribution < -0.4 is 25.3 Å². The summed E-state index contributed by atoms with van der Waals surface area (Å²) >= 11 is 0. The first-order chi connectivity index (χ1) is 13.6. The van der Waals surface area contributed by atoms with Crippen LogP contribution in [0.4, 0.5) is 0 Å². The molecule has 2 aromatic carbocycles. The number of hydrogen-bond donors (Lipinski definition) is 1. The first-order valence-electron chi connectivity index (χ1n) is 8.47. The Balaban J connectivity index is 1.34. The second kappa shape index (κ2) is 7.43. The maximum atomic E-state index is 11.9. The van der Waals surface area contributed by atoms with Crippen LogP contribution in [0.15, 0.2) is 56.8 Å². The molecular weight excluding hydrogens is 364 g/mol. The molecule has 142 valence electrons. The molecule has 0 atom stereocenters. The zero-order chi connectivity index (χ0) is 19.5. The van der Waals surface area contributed by atoms with Crippen molar-refractivity contribution < 1.29 is 23.4 Å². The summed E-state index contributed by atoms with van der Waals surface area (Å²) in [6, 6.07) is 11.8. The van der Waals surface area contributed by atoms with Crippen LogP contribution >= 0.6 is 0 Å². The molecule has 3 aromatic rings. The number of hydrogen-bond acceptors (Lipinski definition) is 7. The van der Waals surface area contributed by atoms with Gasteiger partial charge in [0.1, 0.15) is 11.3 Å². The standard InChI is InChI=1S/C20H16N2O6/c1-12-6-20(24)28-17-8-14(3-4-15(12)17)25-10-19(23)22-21-9-13-2-5-16-18(7-13)27-11-26-16/h2-9H,10-11H2,1H3,(H,22,23). The van der Waals surface area contributed by atoms with Gasteiger partial charge in [0.15, 0.2) is 18.1 Å². The highest BCUT2D eigenvalue weighted by atomic mass is 16.7. The van der Waals surface area contributed by atoms with Gasteiger partial charge in [-0.15, -0.1) is 0 Å². The van der Waals surface area contributed by atoms with Crippen molar-refractivity contribution in [3.63, 3.8) is 0 Å². The van der Waals surface area contributed by atoms with Gasteiger partial charge in [-0.3, -0.25) is 4.79 Å². The summed E-state index contributed by atoms with van der Waals surface area (Å²) in [5, 5.41) is 4.70. The Bertz CT molecular complexity index is 1140. The highest BCUT2D eigenvalue weighted by Crippen LogP contribution is 2.31. The van der Waals surface area contributed by atoms with Crippen LogP contribution in [0.3, 0.4) is 0 Å². The average Bonchev–Trinajstić information content (AvgIpc) is 3.14. The van der Waals surface area contributed by atoms with E-state index in [4.69, 9.17) is 18.6 Å². The van der Waals surface area contributed by atoms with Crippen molar-refractivity contribution >= 4 is 23.1 Å². The first kappa shape index (κ1) is 17.6. The molecule has 1 aliphatic rings. The summed E-state index contributed by atoms with van der Waals surface area (Å²) in [7, 11) is 0. The lowest BCUT2D eigenvalue weighted by Gasteiger charge is -2.06. The summed E-state index contributed by atoms with van der Waals surface area (Å²) in [5.74, 6) is 1.30. The molecular formula is C20H16N2O6. The van der Waals surface area contributed by atoms with E-state index < -0.39 is 11.5 Å². The topological polar surface area (TPSA) is 99.4 Å². The molecule has 0 radical (unpaired) electrons. The van der Waals surface area contributed by atoms with Crippen molar-refractivity contribution in [1.82, 2.24) is 5.43 Å². The van der Waals surface area contributed by atoms with Gasteiger partial charge in [-0.1, -0.05) is 0 Å². The monoisotopic (exact) mass is 380 g/mol. The van der Waals surface area contributed by atoms with Gasteiger partial charge in [0, 0.05) is 17.5 Å². The minimum Gasteiger partial charge on any atom is -0.484 e. The van der Waals surface area contributed by atoms with Crippen LogP contribution in [0, 0.1) is 6.92 Å². The largest absolute Gasteiger partial charge is 0.484 e. The van der Waals surface area contributed by atoms with Crippen molar-refractivity contribution in [3.05, 3.63) is 64.0 Å². The normalized spacial score (nSPS) is 12.5. The molecule has 0 spiro atoms. The lowest BCUT2D eigenvalue weighted by molar-refractivity contribution is -0.123. The Hall–Kier alpha value is -3.81. The van der Waals surface area contributed by atoms with Crippen LogP contribution in [0.5, 0.6) is 17.2 Å². The van der Waals surface area contributed by atoms with E-state index in [0.29, 0.717) is 22.8 Å². The zero-order valence-electron chi connectivity index (χ0n) is 14.9. The number of carbonyl (C=O) groups is 1. The van der Waals surface area contributed by atoms with E-state index in [9.17, 15) is 9.59 Å². The number of ether oxygens (including phenoxy) is 3. The molecule has 1 N–H and O–H groups in total. The Morgan fingerprint density at radius 1 is 1.18 bits per heavy atom. The third-order valence-corrected chi connectivity index (χ3v) is 4.09. The van der Waals surface area contributed by atoms with E-state index in [0.717, 1.165) is 16.5 Å². The highest BCUT2D eigenvalue weighted by Gasteiger charge is 2.12. The van der Waals surface area contributed by atoms with Gasteiger partial charge in [-0.2, -0.15) is 5.10 Å². The third kappa shape index (κ3) is 3.80.